The first-order chi connectivity index (χ1) is 10.0. The van der Waals surface area contributed by atoms with E-state index in [0.717, 1.165) is 30.6 Å². The number of nitrogens with one attached hydrogen (secondary N) is 1. The number of hydrogen-bond acceptors (Lipinski definition) is 3. The fourth-order valence-corrected chi connectivity index (χ4v) is 4.10. The molecule has 118 valence electrons. The summed E-state index contributed by atoms with van der Waals surface area (Å²) in [5.74, 6) is 0.807. The fourth-order valence-electron chi connectivity index (χ4n) is 2.63. The second-order valence-electron chi connectivity index (χ2n) is 5.45. The van der Waals surface area contributed by atoms with Crippen LogP contribution in [0.2, 0.25) is 0 Å². The van der Waals surface area contributed by atoms with Gasteiger partial charge in [-0.25, -0.2) is 4.72 Å². The third-order valence-electron chi connectivity index (χ3n) is 3.91. The Morgan fingerprint density at radius 3 is 2.62 bits per heavy atom. The summed E-state index contributed by atoms with van der Waals surface area (Å²) >= 11 is 0. The summed E-state index contributed by atoms with van der Waals surface area (Å²) in [6.45, 7) is 3.01. The van der Waals surface area contributed by atoms with Crippen LogP contribution in [0.15, 0.2) is 24.3 Å². The zero-order valence-corrected chi connectivity index (χ0v) is 13.5. The van der Waals surface area contributed by atoms with Crippen molar-refractivity contribution in [2.75, 3.05) is 20.2 Å². The van der Waals surface area contributed by atoms with Crippen LogP contribution >= 0.6 is 0 Å². The van der Waals surface area contributed by atoms with Gasteiger partial charge in [0.05, 0.1) is 7.11 Å². The highest BCUT2D eigenvalue weighted by atomic mass is 32.2. The molecule has 0 radical (unpaired) electrons. The number of benzene rings is 1. The summed E-state index contributed by atoms with van der Waals surface area (Å²) in [6, 6.07) is 7.78. The van der Waals surface area contributed by atoms with Gasteiger partial charge in [0.15, 0.2) is 0 Å². The van der Waals surface area contributed by atoms with E-state index in [2.05, 4.69) is 4.72 Å². The van der Waals surface area contributed by atoms with Crippen molar-refractivity contribution in [3.63, 3.8) is 0 Å². The quantitative estimate of drug-likeness (QED) is 0.873. The third-order valence-corrected chi connectivity index (χ3v) is 5.64. The molecule has 6 heteroatoms. The molecule has 0 bridgehead atoms. The Kier molecular flexibility index (Phi) is 5.61. The van der Waals surface area contributed by atoms with Crippen LogP contribution in [0, 0.1) is 0 Å². The van der Waals surface area contributed by atoms with Crippen molar-refractivity contribution in [1.29, 1.82) is 0 Å². The largest absolute Gasteiger partial charge is 0.497 e. The van der Waals surface area contributed by atoms with Gasteiger partial charge in [0, 0.05) is 19.1 Å². The van der Waals surface area contributed by atoms with Crippen molar-refractivity contribution in [2.24, 2.45) is 0 Å². The van der Waals surface area contributed by atoms with Gasteiger partial charge in [-0.3, -0.25) is 0 Å². The Hall–Kier alpha value is -1.11. The molecule has 0 aliphatic carbocycles. The zero-order chi connectivity index (χ0) is 15.3. The maximum absolute atomic E-state index is 12.3. The lowest BCUT2D eigenvalue weighted by Crippen LogP contribution is -2.48. The van der Waals surface area contributed by atoms with Gasteiger partial charge in [0.2, 0.25) is 0 Å². The van der Waals surface area contributed by atoms with Gasteiger partial charge in [0.1, 0.15) is 5.75 Å². The number of methoxy groups -OCH3 is 1. The second kappa shape index (κ2) is 7.24. The lowest BCUT2D eigenvalue weighted by molar-refractivity contribution is 0.265. The van der Waals surface area contributed by atoms with Crippen molar-refractivity contribution in [1.82, 2.24) is 9.03 Å². The van der Waals surface area contributed by atoms with Crippen molar-refractivity contribution in [3.8, 4) is 5.75 Å². The SMILES string of the molecule is COc1ccc(CCNS(=O)(=O)N2CCCC[C@H]2C)cc1. The lowest BCUT2D eigenvalue weighted by atomic mass is 10.1. The molecule has 21 heavy (non-hydrogen) atoms. The van der Waals surface area contributed by atoms with E-state index in [0.29, 0.717) is 19.5 Å². The molecule has 1 aliphatic heterocycles. The molecule has 0 unspecified atom stereocenters. The molecule has 0 saturated carbocycles. The minimum Gasteiger partial charge on any atom is -0.497 e. The highest BCUT2D eigenvalue weighted by Gasteiger charge is 2.28. The van der Waals surface area contributed by atoms with Gasteiger partial charge in [-0.1, -0.05) is 18.6 Å². The van der Waals surface area contributed by atoms with Gasteiger partial charge in [-0.15, -0.1) is 0 Å². The first-order valence-corrected chi connectivity index (χ1v) is 8.86. The molecule has 0 spiro atoms. The number of rotatable bonds is 6. The maximum atomic E-state index is 12.3. The molecule has 1 heterocycles. The van der Waals surface area contributed by atoms with E-state index in [1.807, 2.05) is 31.2 Å². The summed E-state index contributed by atoms with van der Waals surface area (Å²) in [7, 11) is -1.73. The molecule has 0 aromatic heterocycles. The Balaban J connectivity index is 1.86. The van der Waals surface area contributed by atoms with E-state index in [1.165, 1.54) is 0 Å². The molecule has 5 nitrogen and oxygen atoms in total. The van der Waals surface area contributed by atoms with E-state index < -0.39 is 10.2 Å². The molecule has 1 fully saturated rings. The van der Waals surface area contributed by atoms with Gasteiger partial charge in [-0.05, 0) is 43.9 Å². The van der Waals surface area contributed by atoms with Gasteiger partial charge < -0.3 is 4.74 Å². The van der Waals surface area contributed by atoms with Crippen LogP contribution in [-0.2, 0) is 16.6 Å². The Morgan fingerprint density at radius 1 is 1.29 bits per heavy atom. The summed E-state index contributed by atoms with van der Waals surface area (Å²) in [4.78, 5) is 0. The van der Waals surface area contributed by atoms with Crippen molar-refractivity contribution >= 4 is 10.2 Å². The van der Waals surface area contributed by atoms with Crippen molar-refractivity contribution in [3.05, 3.63) is 29.8 Å². The summed E-state index contributed by atoms with van der Waals surface area (Å²) < 4.78 is 34.0. The standard InChI is InChI=1S/C15H24N2O3S/c1-13-5-3-4-12-17(13)21(18,19)16-11-10-14-6-8-15(20-2)9-7-14/h6-9,13,16H,3-5,10-12H2,1-2H3/t13-/m1/s1. The van der Waals surface area contributed by atoms with Crippen LogP contribution in [0.5, 0.6) is 5.75 Å². The average Bonchev–Trinajstić information content (AvgIpc) is 2.48. The van der Waals surface area contributed by atoms with Gasteiger partial charge in [-0.2, -0.15) is 12.7 Å². The molecule has 1 saturated heterocycles. The van der Waals surface area contributed by atoms with Crippen LogP contribution < -0.4 is 9.46 Å². The van der Waals surface area contributed by atoms with Crippen LogP contribution in [0.3, 0.4) is 0 Å². The van der Waals surface area contributed by atoms with Crippen LogP contribution in [-0.4, -0.2) is 39.0 Å². The maximum Gasteiger partial charge on any atom is 0.279 e. The second-order valence-corrected chi connectivity index (χ2v) is 7.16. The predicted molar refractivity (Wildman–Crippen MR) is 83.6 cm³/mol. The number of piperidine rings is 1. The molecule has 1 aliphatic rings. The van der Waals surface area contributed by atoms with E-state index >= 15 is 0 Å². The zero-order valence-electron chi connectivity index (χ0n) is 12.7. The average molecular weight is 312 g/mol. The van der Waals surface area contributed by atoms with Crippen molar-refractivity contribution in [2.45, 2.75) is 38.6 Å². The summed E-state index contributed by atoms with van der Waals surface area (Å²) in [5, 5.41) is 0. The molecule has 1 aromatic carbocycles. The van der Waals surface area contributed by atoms with E-state index in [-0.39, 0.29) is 6.04 Å². The summed E-state index contributed by atoms with van der Waals surface area (Å²) in [5.41, 5.74) is 1.09. The molecule has 0 amide bonds. The van der Waals surface area contributed by atoms with Crippen LogP contribution in [0.4, 0.5) is 0 Å². The van der Waals surface area contributed by atoms with Crippen molar-refractivity contribution < 1.29 is 13.2 Å². The highest BCUT2D eigenvalue weighted by molar-refractivity contribution is 7.87. The third kappa shape index (κ3) is 4.43. The first kappa shape index (κ1) is 16.3. The molecule has 1 aromatic rings. The lowest BCUT2D eigenvalue weighted by Gasteiger charge is -2.32. The normalized spacial score (nSPS) is 20.4. The smallest absolute Gasteiger partial charge is 0.279 e. The fraction of sp³-hybridized carbons (Fsp3) is 0.600. The van der Waals surface area contributed by atoms with Gasteiger partial charge in [0.25, 0.3) is 10.2 Å². The molecule has 2 rings (SSSR count). The van der Waals surface area contributed by atoms with Crippen LogP contribution in [0.25, 0.3) is 0 Å². The molecule has 1 N–H and O–H groups in total. The number of nitrogens with zero attached hydrogens (tertiary/aromatic N) is 1. The van der Waals surface area contributed by atoms with E-state index in [4.69, 9.17) is 4.74 Å². The minimum absolute atomic E-state index is 0.0947. The van der Waals surface area contributed by atoms with E-state index in [1.54, 1.807) is 11.4 Å². The highest BCUT2D eigenvalue weighted by Crippen LogP contribution is 2.19. The molecular weight excluding hydrogens is 288 g/mol. The number of ether oxygens (including phenoxy) is 1. The molecular formula is C15H24N2O3S. The topological polar surface area (TPSA) is 58.6 Å². The first-order valence-electron chi connectivity index (χ1n) is 7.42. The van der Waals surface area contributed by atoms with Gasteiger partial charge >= 0.3 is 0 Å². The molecule has 1 atom stereocenters. The predicted octanol–water partition coefficient (Wildman–Crippen LogP) is 1.95. The Morgan fingerprint density at radius 2 is 2.00 bits per heavy atom. The van der Waals surface area contributed by atoms with E-state index in [9.17, 15) is 8.42 Å². The summed E-state index contributed by atoms with van der Waals surface area (Å²) in [6.07, 6.45) is 3.67. The Bertz CT molecular complexity index is 543. The van der Waals surface area contributed by atoms with Crippen LogP contribution in [0.1, 0.15) is 31.7 Å². The number of hydrogen-bond donors (Lipinski definition) is 1. The minimum atomic E-state index is -3.36. The monoisotopic (exact) mass is 312 g/mol. The Labute approximate surface area is 127 Å².